The molecule has 1 N–H and O–H groups in total. The Morgan fingerprint density at radius 2 is 2.21 bits per heavy atom. The highest BCUT2D eigenvalue weighted by atomic mass is 79.9. The van der Waals surface area contributed by atoms with E-state index in [0.29, 0.717) is 21.2 Å². The number of rotatable bonds is 4. The van der Waals surface area contributed by atoms with E-state index in [9.17, 15) is 14.4 Å². The Balaban J connectivity index is 2.09. The Hall–Kier alpha value is -2.35. The van der Waals surface area contributed by atoms with Gasteiger partial charge in [0.2, 0.25) is 0 Å². The molecule has 3 rings (SSSR count). The molecule has 8 heteroatoms. The van der Waals surface area contributed by atoms with E-state index in [1.807, 2.05) is 6.07 Å². The number of aromatic amines is 1. The molecule has 0 bridgehead atoms. The average Bonchev–Trinajstić information content (AvgIpc) is 3.07. The maximum atomic E-state index is 12.1. The molecule has 0 spiro atoms. The summed E-state index contributed by atoms with van der Waals surface area (Å²) in [5, 5.41) is 0.766. The minimum absolute atomic E-state index is 0.248. The number of nitrogens with zero attached hydrogens (tertiary/aromatic N) is 1. The van der Waals surface area contributed by atoms with Gasteiger partial charge in [-0.05, 0) is 35.3 Å². The molecule has 7 nitrogen and oxygen atoms in total. The zero-order valence-electron chi connectivity index (χ0n) is 13.1. The van der Waals surface area contributed by atoms with E-state index in [2.05, 4.69) is 20.9 Å². The number of carbonyl (C=O) groups is 3. The highest BCUT2D eigenvalue weighted by Crippen LogP contribution is 2.35. The van der Waals surface area contributed by atoms with Crippen molar-refractivity contribution in [3.63, 3.8) is 0 Å². The number of aromatic nitrogens is 1. The van der Waals surface area contributed by atoms with Crippen molar-refractivity contribution in [3.05, 3.63) is 33.9 Å². The third-order valence-corrected chi connectivity index (χ3v) is 4.73. The monoisotopic (exact) mass is 394 g/mol. The van der Waals surface area contributed by atoms with Crippen LogP contribution in [0.15, 0.2) is 22.7 Å². The Bertz CT molecular complexity index is 828. The second kappa shape index (κ2) is 6.27. The molecule has 1 saturated heterocycles. The third kappa shape index (κ3) is 2.56. The van der Waals surface area contributed by atoms with Gasteiger partial charge in [0.05, 0.1) is 22.6 Å². The fraction of sp³-hybridized carbons (Fsp3) is 0.312. The molecule has 0 radical (unpaired) electrons. The Kier molecular flexibility index (Phi) is 4.31. The number of fused-ring (bicyclic) bond motifs is 1. The van der Waals surface area contributed by atoms with Crippen LogP contribution in [0.2, 0.25) is 0 Å². The van der Waals surface area contributed by atoms with Crippen molar-refractivity contribution in [2.75, 3.05) is 13.2 Å². The number of para-hydroxylation sites is 1. The summed E-state index contributed by atoms with van der Waals surface area (Å²) in [5.74, 6) is -0.864. The fourth-order valence-corrected chi connectivity index (χ4v) is 3.37. The number of carbonyl (C=O) groups excluding carboxylic acids is 3. The first-order chi connectivity index (χ1) is 11.5. The number of esters is 1. The molecule has 2 heterocycles. The summed E-state index contributed by atoms with van der Waals surface area (Å²) in [6.07, 6.45) is -0.666. The minimum atomic E-state index is -0.666. The first kappa shape index (κ1) is 16.5. The third-order valence-electron chi connectivity index (χ3n) is 3.90. The second-order valence-electron chi connectivity index (χ2n) is 5.30. The summed E-state index contributed by atoms with van der Waals surface area (Å²) in [7, 11) is 0. The molecule has 1 aliphatic rings. The van der Waals surface area contributed by atoms with Gasteiger partial charge in [-0.2, -0.15) is 0 Å². The normalized spacial score (nSPS) is 15.7. The van der Waals surface area contributed by atoms with E-state index in [1.165, 1.54) is 0 Å². The Morgan fingerprint density at radius 3 is 2.83 bits per heavy atom. The average molecular weight is 395 g/mol. The van der Waals surface area contributed by atoms with Gasteiger partial charge in [0.1, 0.15) is 5.69 Å². The lowest BCUT2D eigenvalue weighted by molar-refractivity contribution is -0.127. The van der Waals surface area contributed by atoms with Gasteiger partial charge in [-0.25, -0.2) is 14.5 Å². The van der Waals surface area contributed by atoms with Gasteiger partial charge in [-0.15, -0.1) is 0 Å². The summed E-state index contributed by atoms with van der Waals surface area (Å²) in [6.45, 7) is 3.48. The van der Waals surface area contributed by atoms with Gasteiger partial charge in [-0.3, -0.25) is 4.79 Å². The van der Waals surface area contributed by atoms with Crippen molar-refractivity contribution in [2.24, 2.45) is 0 Å². The van der Waals surface area contributed by atoms with Gasteiger partial charge in [0.15, 0.2) is 6.61 Å². The predicted molar refractivity (Wildman–Crippen MR) is 88.6 cm³/mol. The maximum absolute atomic E-state index is 12.1. The van der Waals surface area contributed by atoms with Crippen molar-refractivity contribution in [1.29, 1.82) is 0 Å². The molecular weight excluding hydrogens is 380 g/mol. The number of benzene rings is 1. The molecule has 0 aliphatic carbocycles. The van der Waals surface area contributed by atoms with Gasteiger partial charge < -0.3 is 14.5 Å². The van der Waals surface area contributed by atoms with Crippen LogP contribution >= 0.6 is 15.9 Å². The molecule has 2 aromatic rings. The number of halogens is 1. The lowest BCUT2D eigenvalue weighted by atomic mass is 10.0. The molecule has 2 amide bonds. The molecule has 1 atom stereocenters. The summed E-state index contributed by atoms with van der Waals surface area (Å²) in [6, 6.07) is 4.90. The largest absolute Gasteiger partial charge is 0.461 e. The summed E-state index contributed by atoms with van der Waals surface area (Å²) in [5.41, 5.74) is 1.66. The maximum Gasteiger partial charge on any atom is 0.417 e. The van der Waals surface area contributed by atoms with Crippen molar-refractivity contribution in [1.82, 2.24) is 9.88 Å². The second-order valence-corrected chi connectivity index (χ2v) is 6.09. The first-order valence-electron chi connectivity index (χ1n) is 7.41. The zero-order chi connectivity index (χ0) is 17.4. The number of hydrogen-bond acceptors (Lipinski definition) is 5. The first-order valence-corrected chi connectivity index (χ1v) is 8.21. The quantitative estimate of drug-likeness (QED) is 0.804. The van der Waals surface area contributed by atoms with E-state index in [4.69, 9.17) is 9.47 Å². The van der Waals surface area contributed by atoms with Gasteiger partial charge in [0.25, 0.3) is 5.91 Å². The number of nitrogens with one attached hydrogen (secondary N) is 1. The van der Waals surface area contributed by atoms with Crippen molar-refractivity contribution in [3.8, 4) is 0 Å². The lowest BCUT2D eigenvalue weighted by Crippen LogP contribution is -2.32. The van der Waals surface area contributed by atoms with Crippen LogP contribution in [0.5, 0.6) is 0 Å². The van der Waals surface area contributed by atoms with Crippen LogP contribution in [0, 0.1) is 0 Å². The Labute approximate surface area is 146 Å². The van der Waals surface area contributed by atoms with Crippen molar-refractivity contribution in [2.45, 2.75) is 19.9 Å². The standard InChI is InChI=1S/C16H15BrN2O5/c1-3-23-15(21)14-12(17)10-6-4-5-9(13(10)18-14)8(2)19-11(20)7-24-16(19)22/h4-6,8,18H,3,7H2,1-2H3/t8-/m0/s1. The molecule has 1 aromatic carbocycles. The van der Waals surface area contributed by atoms with Gasteiger partial charge >= 0.3 is 12.1 Å². The van der Waals surface area contributed by atoms with Crippen LogP contribution in [0.25, 0.3) is 10.9 Å². The highest BCUT2D eigenvalue weighted by Gasteiger charge is 2.36. The molecule has 24 heavy (non-hydrogen) atoms. The zero-order valence-corrected chi connectivity index (χ0v) is 14.7. The highest BCUT2D eigenvalue weighted by molar-refractivity contribution is 9.10. The smallest absolute Gasteiger partial charge is 0.417 e. The number of hydrogen-bond donors (Lipinski definition) is 1. The van der Waals surface area contributed by atoms with E-state index < -0.39 is 18.1 Å². The number of ether oxygens (including phenoxy) is 2. The number of H-pyrrole nitrogens is 1. The van der Waals surface area contributed by atoms with Crippen LogP contribution in [0.4, 0.5) is 4.79 Å². The van der Waals surface area contributed by atoms with E-state index in [-0.39, 0.29) is 19.1 Å². The Morgan fingerprint density at radius 1 is 1.46 bits per heavy atom. The lowest BCUT2D eigenvalue weighted by Gasteiger charge is -2.20. The summed E-state index contributed by atoms with van der Waals surface area (Å²) < 4.78 is 10.4. The summed E-state index contributed by atoms with van der Waals surface area (Å²) >= 11 is 3.41. The van der Waals surface area contributed by atoms with Crippen LogP contribution < -0.4 is 0 Å². The van der Waals surface area contributed by atoms with Crippen LogP contribution in [0.3, 0.4) is 0 Å². The predicted octanol–water partition coefficient (Wildman–Crippen LogP) is 3.15. The minimum Gasteiger partial charge on any atom is -0.461 e. The number of cyclic esters (lactones) is 1. The van der Waals surface area contributed by atoms with Crippen molar-refractivity contribution < 1.29 is 23.9 Å². The molecule has 0 unspecified atom stereocenters. The fourth-order valence-electron chi connectivity index (χ4n) is 2.78. The molecule has 1 aliphatic heterocycles. The van der Waals surface area contributed by atoms with E-state index in [0.717, 1.165) is 10.3 Å². The van der Waals surface area contributed by atoms with Crippen LogP contribution in [0.1, 0.15) is 35.9 Å². The molecule has 126 valence electrons. The van der Waals surface area contributed by atoms with Crippen LogP contribution in [-0.2, 0) is 14.3 Å². The topological polar surface area (TPSA) is 88.7 Å². The number of imide groups is 1. The van der Waals surface area contributed by atoms with Crippen molar-refractivity contribution >= 4 is 44.8 Å². The number of amides is 2. The molecular formula is C16H15BrN2O5. The summed E-state index contributed by atoms with van der Waals surface area (Å²) in [4.78, 5) is 39.8. The van der Waals surface area contributed by atoms with E-state index in [1.54, 1.807) is 26.0 Å². The van der Waals surface area contributed by atoms with Crippen LogP contribution in [-0.4, -0.2) is 41.1 Å². The SMILES string of the molecule is CCOC(=O)c1[nH]c2c([C@H](C)N3C(=O)COC3=O)cccc2c1Br. The van der Waals surface area contributed by atoms with Gasteiger partial charge in [0, 0.05) is 5.39 Å². The molecule has 1 aromatic heterocycles. The molecule has 1 fully saturated rings. The van der Waals surface area contributed by atoms with E-state index >= 15 is 0 Å². The molecule has 0 saturated carbocycles. The van der Waals surface area contributed by atoms with Gasteiger partial charge in [-0.1, -0.05) is 18.2 Å².